The number of hydrogen-bond donors (Lipinski definition) is 1. The van der Waals surface area contributed by atoms with Crippen LogP contribution in [0.5, 0.6) is 0 Å². The minimum absolute atomic E-state index is 0. The fourth-order valence-electron chi connectivity index (χ4n) is 1.98. The summed E-state index contributed by atoms with van der Waals surface area (Å²) in [6.07, 6.45) is 1.71. The summed E-state index contributed by atoms with van der Waals surface area (Å²) in [7, 11) is 0. The van der Waals surface area contributed by atoms with E-state index in [4.69, 9.17) is 0 Å². The molecule has 0 saturated carbocycles. The molecule has 1 heterocycles. The number of rotatable bonds is 4. The second-order valence-corrected chi connectivity index (χ2v) is 4.00. The molecule has 0 bridgehead atoms. The van der Waals surface area contributed by atoms with Gasteiger partial charge < -0.3 is 0 Å². The molecule has 4 amide bonds. The molecule has 1 aliphatic rings. The Balaban J connectivity index is 0.00000289. The molecule has 0 aromatic rings. The van der Waals surface area contributed by atoms with Gasteiger partial charge in [0.05, 0.1) is 0 Å². The van der Waals surface area contributed by atoms with Crippen molar-refractivity contribution >= 4 is 17.8 Å². The Morgan fingerprint density at radius 2 is 2.00 bits per heavy atom. The van der Waals surface area contributed by atoms with Crippen LogP contribution in [0.2, 0.25) is 0 Å². The molecular formula is C12H16N2NaO3+. The van der Waals surface area contributed by atoms with Gasteiger partial charge in [0.25, 0.3) is 5.91 Å². The first kappa shape index (κ1) is 17.1. The van der Waals surface area contributed by atoms with Crippen LogP contribution in [-0.2, 0) is 9.59 Å². The van der Waals surface area contributed by atoms with Gasteiger partial charge in [0.15, 0.2) is 0 Å². The van der Waals surface area contributed by atoms with Crippen molar-refractivity contribution in [1.82, 2.24) is 10.2 Å². The van der Waals surface area contributed by atoms with Gasteiger partial charge in [-0.3, -0.25) is 19.8 Å². The molecule has 0 aliphatic carbocycles. The van der Waals surface area contributed by atoms with Crippen LogP contribution < -0.4 is 34.9 Å². The summed E-state index contributed by atoms with van der Waals surface area (Å²) in [6.45, 7) is 10.6. The standard InChI is InChI=1S/C12H16N2O3.Na/c1-5-7-14-10(16)12(6-2,8(3)4)9(15)13-11(14)17;/h5H,1,3,6-7H2,2,4H3,(H,13,15,17);/q;+1. The molecule has 0 aromatic heterocycles. The van der Waals surface area contributed by atoms with E-state index in [1.807, 2.05) is 0 Å². The molecule has 1 unspecified atom stereocenters. The summed E-state index contributed by atoms with van der Waals surface area (Å²) in [5.41, 5.74) is -0.902. The number of amides is 4. The molecule has 1 aliphatic heterocycles. The van der Waals surface area contributed by atoms with E-state index in [-0.39, 0.29) is 42.5 Å². The molecule has 92 valence electrons. The quantitative estimate of drug-likeness (QED) is 0.369. The molecule has 0 spiro atoms. The summed E-state index contributed by atoms with van der Waals surface area (Å²) in [4.78, 5) is 36.7. The largest absolute Gasteiger partial charge is 1.00 e. The summed E-state index contributed by atoms with van der Waals surface area (Å²) in [5, 5.41) is 2.19. The van der Waals surface area contributed by atoms with Crippen molar-refractivity contribution < 1.29 is 43.9 Å². The number of hydrogen-bond acceptors (Lipinski definition) is 3. The van der Waals surface area contributed by atoms with Crippen LogP contribution in [0.25, 0.3) is 0 Å². The van der Waals surface area contributed by atoms with Gasteiger partial charge in [-0.25, -0.2) is 4.79 Å². The molecule has 0 aromatic carbocycles. The van der Waals surface area contributed by atoms with Crippen LogP contribution in [-0.4, -0.2) is 29.3 Å². The van der Waals surface area contributed by atoms with Crippen LogP contribution in [0.4, 0.5) is 4.79 Å². The first-order chi connectivity index (χ1) is 7.91. The average Bonchev–Trinajstić information content (AvgIpc) is 2.25. The molecule has 0 radical (unpaired) electrons. The maximum atomic E-state index is 12.3. The van der Waals surface area contributed by atoms with Crippen LogP contribution >= 0.6 is 0 Å². The van der Waals surface area contributed by atoms with E-state index < -0.39 is 23.3 Å². The van der Waals surface area contributed by atoms with Gasteiger partial charge in [-0.1, -0.05) is 25.2 Å². The Labute approximate surface area is 129 Å². The van der Waals surface area contributed by atoms with Gasteiger partial charge in [0.1, 0.15) is 5.41 Å². The first-order valence-electron chi connectivity index (χ1n) is 5.36. The summed E-state index contributed by atoms with van der Waals surface area (Å²) in [6, 6.07) is -0.703. The van der Waals surface area contributed by atoms with Crippen molar-refractivity contribution in [2.75, 3.05) is 6.54 Å². The molecule has 1 fully saturated rings. The molecule has 1 saturated heterocycles. The summed E-state index contributed by atoms with van der Waals surface area (Å²) < 4.78 is 0. The molecular weight excluding hydrogens is 243 g/mol. The Hall–Kier alpha value is -0.910. The SMILES string of the molecule is C=CCN1C(=O)NC(=O)C(CC)(C(=C)C)C1=O.[Na+]. The number of nitrogens with zero attached hydrogens (tertiary/aromatic N) is 1. The Bertz CT molecular complexity index is 420. The normalized spacial score (nSPS) is 23.2. The third-order valence-corrected chi connectivity index (χ3v) is 3.03. The van der Waals surface area contributed by atoms with E-state index in [9.17, 15) is 14.4 Å². The predicted molar refractivity (Wildman–Crippen MR) is 63.0 cm³/mol. The van der Waals surface area contributed by atoms with Crippen molar-refractivity contribution in [3.63, 3.8) is 0 Å². The van der Waals surface area contributed by atoms with E-state index in [0.29, 0.717) is 5.57 Å². The molecule has 18 heavy (non-hydrogen) atoms. The minimum Gasteiger partial charge on any atom is -0.276 e. The van der Waals surface area contributed by atoms with E-state index in [1.165, 1.54) is 6.08 Å². The zero-order valence-electron chi connectivity index (χ0n) is 11.1. The molecule has 5 nitrogen and oxygen atoms in total. The molecule has 1 rings (SSSR count). The topological polar surface area (TPSA) is 66.5 Å². The van der Waals surface area contributed by atoms with Gasteiger partial charge >= 0.3 is 35.6 Å². The van der Waals surface area contributed by atoms with E-state index in [0.717, 1.165) is 4.90 Å². The van der Waals surface area contributed by atoms with Gasteiger partial charge in [0, 0.05) is 6.54 Å². The van der Waals surface area contributed by atoms with Gasteiger partial charge in [-0.2, -0.15) is 0 Å². The first-order valence-corrected chi connectivity index (χ1v) is 5.36. The summed E-state index contributed by atoms with van der Waals surface area (Å²) in [5.74, 6) is -1.12. The van der Waals surface area contributed by atoms with Crippen LogP contribution in [0.15, 0.2) is 24.8 Å². The fraction of sp³-hybridized carbons (Fsp3) is 0.417. The van der Waals surface area contributed by atoms with Crippen molar-refractivity contribution in [1.29, 1.82) is 0 Å². The number of carbonyl (C=O) groups excluding carboxylic acids is 3. The maximum absolute atomic E-state index is 12.3. The van der Waals surface area contributed by atoms with Gasteiger partial charge in [-0.05, 0) is 13.3 Å². The Kier molecular flexibility index (Phi) is 5.99. The number of carbonyl (C=O) groups is 3. The molecule has 6 heteroatoms. The van der Waals surface area contributed by atoms with Crippen LogP contribution in [0.1, 0.15) is 20.3 Å². The van der Waals surface area contributed by atoms with Crippen molar-refractivity contribution in [3.05, 3.63) is 24.8 Å². The van der Waals surface area contributed by atoms with E-state index in [1.54, 1.807) is 13.8 Å². The second-order valence-electron chi connectivity index (χ2n) is 4.00. The summed E-state index contributed by atoms with van der Waals surface area (Å²) >= 11 is 0. The number of urea groups is 1. The van der Waals surface area contributed by atoms with Crippen molar-refractivity contribution in [2.24, 2.45) is 5.41 Å². The van der Waals surface area contributed by atoms with Crippen molar-refractivity contribution in [2.45, 2.75) is 20.3 Å². The fourth-order valence-corrected chi connectivity index (χ4v) is 1.98. The molecule has 1 atom stereocenters. The average molecular weight is 259 g/mol. The van der Waals surface area contributed by atoms with E-state index in [2.05, 4.69) is 18.5 Å². The second kappa shape index (κ2) is 6.31. The smallest absolute Gasteiger partial charge is 0.276 e. The number of barbiturate groups is 1. The third-order valence-electron chi connectivity index (χ3n) is 3.03. The van der Waals surface area contributed by atoms with E-state index >= 15 is 0 Å². The Morgan fingerprint density at radius 3 is 2.39 bits per heavy atom. The monoisotopic (exact) mass is 259 g/mol. The predicted octanol–water partition coefficient (Wildman–Crippen LogP) is -1.77. The number of imide groups is 2. The molecule has 1 N–H and O–H groups in total. The van der Waals surface area contributed by atoms with Crippen LogP contribution in [0.3, 0.4) is 0 Å². The van der Waals surface area contributed by atoms with Gasteiger partial charge in [0.2, 0.25) is 5.91 Å². The van der Waals surface area contributed by atoms with Crippen LogP contribution in [0, 0.1) is 5.41 Å². The minimum atomic E-state index is -1.34. The Morgan fingerprint density at radius 1 is 1.44 bits per heavy atom. The third kappa shape index (κ3) is 2.43. The maximum Gasteiger partial charge on any atom is 1.00 e. The zero-order chi connectivity index (χ0) is 13.2. The van der Waals surface area contributed by atoms with Gasteiger partial charge in [-0.15, -0.1) is 6.58 Å². The number of nitrogens with one attached hydrogen (secondary N) is 1. The zero-order valence-corrected chi connectivity index (χ0v) is 13.1. The van der Waals surface area contributed by atoms with Crippen molar-refractivity contribution in [3.8, 4) is 0 Å².